The summed E-state index contributed by atoms with van der Waals surface area (Å²) in [6.07, 6.45) is 2.75. The molecule has 0 radical (unpaired) electrons. The highest BCUT2D eigenvalue weighted by Crippen LogP contribution is 1.97. The summed E-state index contributed by atoms with van der Waals surface area (Å²) in [5.74, 6) is -0.774. The number of esters is 1. The summed E-state index contributed by atoms with van der Waals surface area (Å²) in [5.41, 5.74) is -0.493. The van der Waals surface area contributed by atoms with Crippen LogP contribution in [-0.4, -0.2) is 23.8 Å². The molecule has 0 aliphatic rings. The van der Waals surface area contributed by atoms with Crippen molar-refractivity contribution in [1.29, 1.82) is 5.26 Å². The van der Waals surface area contributed by atoms with Crippen LogP contribution in [-0.2, 0) is 20.8 Å². The Kier molecular flexibility index (Phi) is 6.43. The molecule has 0 spiro atoms. The Morgan fingerprint density at radius 3 is 2.76 bits per heavy atom. The zero-order valence-corrected chi connectivity index (χ0v) is 12.7. The summed E-state index contributed by atoms with van der Waals surface area (Å²) >= 11 is 1.03. The number of nitrogens with zero attached hydrogens (tertiary/aromatic N) is 2. The van der Waals surface area contributed by atoms with Gasteiger partial charge >= 0.3 is 5.97 Å². The van der Waals surface area contributed by atoms with Crippen LogP contribution < -0.4 is 14.8 Å². The summed E-state index contributed by atoms with van der Waals surface area (Å²) in [7, 11) is 0. The topological polar surface area (TPSA) is 81.3 Å². The Bertz CT molecular complexity index is 736. The fourth-order valence-electron chi connectivity index (χ4n) is 1.52. The van der Waals surface area contributed by atoms with Gasteiger partial charge in [-0.1, -0.05) is 12.7 Å². The van der Waals surface area contributed by atoms with Crippen molar-refractivity contribution >= 4 is 29.1 Å². The summed E-state index contributed by atoms with van der Waals surface area (Å²) in [5, 5.41) is 9.18. The second-order valence-electron chi connectivity index (χ2n) is 3.77. The van der Waals surface area contributed by atoms with Crippen LogP contribution in [0.1, 0.15) is 13.8 Å². The van der Waals surface area contributed by atoms with E-state index in [4.69, 9.17) is 9.47 Å². The van der Waals surface area contributed by atoms with Gasteiger partial charge in [0.2, 0.25) is 0 Å². The average molecular weight is 308 g/mol. The highest BCUT2D eigenvalue weighted by atomic mass is 32.1. The van der Waals surface area contributed by atoms with E-state index in [1.807, 2.05) is 0 Å². The highest BCUT2D eigenvalue weighted by Gasteiger charge is 2.16. The predicted molar refractivity (Wildman–Crippen MR) is 79.8 cm³/mol. The second kappa shape index (κ2) is 8.07. The molecule has 0 fully saturated rings. The number of rotatable bonds is 6. The van der Waals surface area contributed by atoms with Gasteiger partial charge in [0.25, 0.3) is 5.56 Å². The summed E-state index contributed by atoms with van der Waals surface area (Å²) in [4.78, 5) is 24.0. The molecule has 1 aromatic rings. The first-order chi connectivity index (χ1) is 10.1. The Hall–Kier alpha value is -2.33. The highest BCUT2D eigenvalue weighted by molar-refractivity contribution is 7.07. The smallest absolute Gasteiger partial charge is 0.352 e. The van der Waals surface area contributed by atoms with Crippen LogP contribution in [0.4, 0.5) is 0 Å². The van der Waals surface area contributed by atoms with E-state index in [0.29, 0.717) is 17.7 Å². The Morgan fingerprint density at radius 1 is 1.52 bits per heavy atom. The molecule has 0 unspecified atom stereocenters. The third-order valence-electron chi connectivity index (χ3n) is 2.44. The van der Waals surface area contributed by atoms with E-state index in [0.717, 1.165) is 11.3 Å². The van der Waals surface area contributed by atoms with Gasteiger partial charge in [0.05, 0.1) is 6.61 Å². The maximum Gasteiger partial charge on any atom is 0.352 e. The van der Waals surface area contributed by atoms with Crippen molar-refractivity contribution in [3.63, 3.8) is 0 Å². The van der Waals surface area contributed by atoms with E-state index in [-0.39, 0.29) is 22.4 Å². The Labute approximate surface area is 125 Å². The van der Waals surface area contributed by atoms with Crippen LogP contribution in [0.15, 0.2) is 17.4 Å². The van der Waals surface area contributed by atoms with Crippen molar-refractivity contribution in [3.05, 3.63) is 32.2 Å². The van der Waals surface area contributed by atoms with E-state index in [1.165, 1.54) is 16.9 Å². The molecule has 1 rings (SSSR count). The van der Waals surface area contributed by atoms with Crippen molar-refractivity contribution in [1.82, 2.24) is 4.57 Å². The van der Waals surface area contributed by atoms with Crippen molar-refractivity contribution in [2.45, 2.75) is 20.4 Å². The van der Waals surface area contributed by atoms with Gasteiger partial charge in [-0.3, -0.25) is 9.36 Å². The minimum absolute atomic E-state index is 0.00364. The molecule has 0 bridgehead atoms. The van der Waals surface area contributed by atoms with E-state index >= 15 is 0 Å². The molecule has 0 saturated heterocycles. The van der Waals surface area contributed by atoms with Gasteiger partial charge in [-0.25, -0.2) is 4.79 Å². The van der Waals surface area contributed by atoms with Crippen molar-refractivity contribution in [3.8, 4) is 6.07 Å². The fraction of sp³-hybridized carbons (Fsp3) is 0.357. The zero-order chi connectivity index (χ0) is 15.8. The number of nitriles is 1. The van der Waals surface area contributed by atoms with Crippen molar-refractivity contribution < 1.29 is 14.3 Å². The van der Waals surface area contributed by atoms with Crippen LogP contribution in [0.5, 0.6) is 0 Å². The molecule has 112 valence electrons. The van der Waals surface area contributed by atoms with Crippen LogP contribution in [0.25, 0.3) is 11.8 Å². The largest absolute Gasteiger partial charge is 0.500 e. The average Bonchev–Trinajstić information content (AvgIpc) is 2.79. The number of carbonyl (C=O) groups excluding carboxylic acids is 1. The Morgan fingerprint density at radius 2 is 2.24 bits per heavy atom. The van der Waals surface area contributed by atoms with E-state index in [2.05, 4.69) is 6.58 Å². The maximum atomic E-state index is 12.2. The standard InChI is InChI=1S/C14H16N2O4S/c1-4-7-20-14(18)10(8-15)13-16(5-2)12(17)11(21-13)9-19-6-3/h4,9H,1,5-7H2,2-3H3/b11-9-,13-10-. The minimum atomic E-state index is -0.774. The lowest BCUT2D eigenvalue weighted by molar-refractivity contribution is -0.135. The number of carbonyl (C=O) groups is 1. The quantitative estimate of drug-likeness (QED) is 0.550. The number of hydrogen-bond acceptors (Lipinski definition) is 6. The lowest BCUT2D eigenvalue weighted by atomic mass is 10.3. The van der Waals surface area contributed by atoms with Gasteiger partial charge in [0.1, 0.15) is 28.1 Å². The molecule has 0 aliphatic heterocycles. The molecule has 0 atom stereocenters. The number of ether oxygens (including phenoxy) is 2. The molecule has 7 heteroatoms. The lowest BCUT2D eigenvalue weighted by Crippen LogP contribution is -2.32. The zero-order valence-electron chi connectivity index (χ0n) is 11.9. The molecule has 0 saturated carbocycles. The molecule has 0 aromatic carbocycles. The van der Waals surface area contributed by atoms with E-state index < -0.39 is 5.97 Å². The molecule has 21 heavy (non-hydrogen) atoms. The molecule has 6 nitrogen and oxygen atoms in total. The van der Waals surface area contributed by atoms with Crippen molar-refractivity contribution in [2.75, 3.05) is 13.2 Å². The van der Waals surface area contributed by atoms with Gasteiger partial charge in [-0.05, 0) is 13.8 Å². The molecule has 0 aliphatic carbocycles. The fourth-order valence-corrected chi connectivity index (χ4v) is 2.60. The van der Waals surface area contributed by atoms with E-state index in [9.17, 15) is 14.9 Å². The van der Waals surface area contributed by atoms with Crippen LogP contribution >= 0.6 is 11.3 Å². The molecule has 0 amide bonds. The summed E-state index contributed by atoms with van der Waals surface area (Å²) in [6, 6.07) is 1.80. The minimum Gasteiger partial charge on any atom is -0.500 e. The molecule has 1 aromatic heterocycles. The van der Waals surface area contributed by atoms with Crippen LogP contribution in [0.3, 0.4) is 0 Å². The van der Waals surface area contributed by atoms with Crippen LogP contribution in [0, 0.1) is 11.3 Å². The number of hydrogen-bond donors (Lipinski definition) is 0. The molecular weight excluding hydrogens is 292 g/mol. The van der Waals surface area contributed by atoms with Gasteiger partial charge < -0.3 is 9.47 Å². The van der Waals surface area contributed by atoms with Gasteiger partial charge in [0.15, 0.2) is 5.57 Å². The molecular formula is C14H16N2O4S. The first kappa shape index (κ1) is 16.7. The third-order valence-corrected chi connectivity index (χ3v) is 3.55. The van der Waals surface area contributed by atoms with Gasteiger partial charge in [-0.15, -0.1) is 11.3 Å². The van der Waals surface area contributed by atoms with Crippen LogP contribution in [0.2, 0.25) is 0 Å². The molecule has 1 heterocycles. The number of aromatic nitrogens is 1. The summed E-state index contributed by atoms with van der Waals surface area (Å²) in [6.45, 7) is 7.75. The predicted octanol–water partition coefficient (Wildman–Crippen LogP) is 0.108. The summed E-state index contributed by atoms with van der Waals surface area (Å²) < 4.78 is 11.9. The van der Waals surface area contributed by atoms with E-state index in [1.54, 1.807) is 19.9 Å². The second-order valence-corrected chi connectivity index (χ2v) is 4.80. The lowest BCUT2D eigenvalue weighted by Gasteiger charge is -2.00. The third kappa shape index (κ3) is 3.83. The first-order valence-corrected chi connectivity index (χ1v) is 7.16. The number of thiazole rings is 1. The Balaban J connectivity index is 3.55. The van der Waals surface area contributed by atoms with Gasteiger partial charge in [0, 0.05) is 6.54 Å². The maximum absolute atomic E-state index is 12.2. The van der Waals surface area contributed by atoms with Gasteiger partial charge in [-0.2, -0.15) is 5.26 Å². The monoisotopic (exact) mass is 308 g/mol. The normalized spacial score (nSPS) is 12.5. The molecule has 0 N–H and O–H groups in total. The SMILES string of the molecule is C=CCOC(=O)/C(C#N)=c1\s/c(=C\OCC)c(=O)n1CC. The first-order valence-electron chi connectivity index (χ1n) is 6.34. The van der Waals surface area contributed by atoms with Crippen molar-refractivity contribution in [2.24, 2.45) is 0 Å².